The van der Waals surface area contributed by atoms with Crippen molar-refractivity contribution in [1.29, 1.82) is 0 Å². The molecule has 0 aliphatic carbocycles. The summed E-state index contributed by atoms with van der Waals surface area (Å²) in [6, 6.07) is 18.1. The molecule has 1 nitrogen and oxygen atoms in total. The lowest BCUT2D eigenvalue weighted by molar-refractivity contribution is 0.635. The number of rotatable bonds is 5. The quantitative estimate of drug-likeness (QED) is 0.685. The molecule has 1 atom stereocenters. The standard InChI is InChI=1S/C19H21NS/c1-3-14-8-10-15(11-9-14)18(20-4-2)17-7-5-6-16-12-13-21-19(16)17/h5-13,18,20H,3-4H2,1-2H3. The predicted molar refractivity (Wildman–Crippen MR) is 93.2 cm³/mol. The van der Waals surface area contributed by atoms with Gasteiger partial charge in [0.25, 0.3) is 0 Å². The smallest absolute Gasteiger partial charge is 0.0590 e. The Kier molecular flexibility index (Phi) is 4.37. The van der Waals surface area contributed by atoms with Gasteiger partial charge in [-0.3, -0.25) is 0 Å². The van der Waals surface area contributed by atoms with Crippen LogP contribution in [0.3, 0.4) is 0 Å². The van der Waals surface area contributed by atoms with Crippen molar-refractivity contribution < 1.29 is 0 Å². The van der Waals surface area contributed by atoms with Gasteiger partial charge in [-0.15, -0.1) is 11.3 Å². The van der Waals surface area contributed by atoms with Crippen LogP contribution >= 0.6 is 11.3 Å². The molecule has 0 saturated heterocycles. The number of hydrogen-bond donors (Lipinski definition) is 1. The summed E-state index contributed by atoms with van der Waals surface area (Å²) in [6.45, 7) is 5.33. The van der Waals surface area contributed by atoms with Crippen LogP contribution in [0.5, 0.6) is 0 Å². The van der Waals surface area contributed by atoms with Crippen molar-refractivity contribution in [1.82, 2.24) is 5.32 Å². The van der Waals surface area contributed by atoms with Crippen LogP contribution in [0.4, 0.5) is 0 Å². The largest absolute Gasteiger partial charge is 0.306 e. The lowest BCUT2D eigenvalue weighted by atomic mass is 9.96. The third-order valence-corrected chi connectivity index (χ3v) is 4.93. The number of fused-ring (bicyclic) bond motifs is 1. The van der Waals surface area contributed by atoms with Crippen LogP contribution < -0.4 is 5.32 Å². The molecule has 3 rings (SSSR count). The zero-order valence-corrected chi connectivity index (χ0v) is 13.4. The maximum Gasteiger partial charge on any atom is 0.0590 e. The van der Waals surface area contributed by atoms with Gasteiger partial charge in [0.1, 0.15) is 0 Å². The minimum absolute atomic E-state index is 0.267. The topological polar surface area (TPSA) is 12.0 Å². The Balaban J connectivity index is 2.06. The molecule has 1 heterocycles. The molecular weight excluding hydrogens is 274 g/mol. The van der Waals surface area contributed by atoms with Crippen LogP contribution in [0, 0.1) is 0 Å². The summed E-state index contributed by atoms with van der Waals surface area (Å²) in [7, 11) is 0. The van der Waals surface area contributed by atoms with E-state index < -0.39 is 0 Å². The van der Waals surface area contributed by atoms with Gasteiger partial charge < -0.3 is 5.32 Å². The molecule has 0 aliphatic heterocycles. The highest BCUT2D eigenvalue weighted by Crippen LogP contribution is 2.32. The Morgan fingerprint density at radius 2 is 1.81 bits per heavy atom. The second kappa shape index (κ2) is 6.42. The molecule has 2 aromatic carbocycles. The van der Waals surface area contributed by atoms with Gasteiger partial charge in [-0.2, -0.15) is 0 Å². The normalized spacial score (nSPS) is 12.7. The summed E-state index contributed by atoms with van der Waals surface area (Å²) < 4.78 is 1.39. The van der Waals surface area contributed by atoms with Crippen molar-refractivity contribution in [2.24, 2.45) is 0 Å². The van der Waals surface area contributed by atoms with E-state index in [2.05, 4.69) is 73.1 Å². The van der Waals surface area contributed by atoms with Gasteiger partial charge >= 0.3 is 0 Å². The van der Waals surface area contributed by atoms with Gasteiger partial charge in [0.2, 0.25) is 0 Å². The van der Waals surface area contributed by atoms with Crippen molar-refractivity contribution in [3.05, 3.63) is 70.6 Å². The van der Waals surface area contributed by atoms with Gasteiger partial charge in [-0.1, -0.05) is 56.3 Å². The van der Waals surface area contributed by atoms with E-state index in [9.17, 15) is 0 Å². The fraction of sp³-hybridized carbons (Fsp3) is 0.263. The highest BCUT2D eigenvalue weighted by Gasteiger charge is 2.16. The maximum absolute atomic E-state index is 3.64. The first-order valence-corrected chi connectivity index (χ1v) is 8.49. The maximum atomic E-state index is 3.64. The summed E-state index contributed by atoms with van der Waals surface area (Å²) >= 11 is 1.83. The summed E-state index contributed by atoms with van der Waals surface area (Å²) in [4.78, 5) is 0. The van der Waals surface area contributed by atoms with E-state index in [-0.39, 0.29) is 6.04 Å². The summed E-state index contributed by atoms with van der Waals surface area (Å²) in [6.07, 6.45) is 1.09. The molecule has 0 radical (unpaired) electrons. The van der Waals surface area contributed by atoms with E-state index in [1.807, 2.05) is 11.3 Å². The van der Waals surface area contributed by atoms with Gasteiger partial charge in [-0.05, 0) is 46.5 Å². The van der Waals surface area contributed by atoms with E-state index >= 15 is 0 Å². The minimum atomic E-state index is 0.267. The third-order valence-electron chi connectivity index (χ3n) is 3.95. The van der Waals surface area contributed by atoms with Gasteiger partial charge in [0.05, 0.1) is 6.04 Å². The molecule has 108 valence electrons. The molecule has 2 heteroatoms. The van der Waals surface area contributed by atoms with E-state index in [4.69, 9.17) is 0 Å². The number of hydrogen-bond acceptors (Lipinski definition) is 2. The monoisotopic (exact) mass is 295 g/mol. The van der Waals surface area contributed by atoms with E-state index in [0.29, 0.717) is 0 Å². The van der Waals surface area contributed by atoms with Crippen molar-refractivity contribution in [3.8, 4) is 0 Å². The zero-order chi connectivity index (χ0) is 14.7. The Labute approximate surface area is 130 Å². The summed E-state index contributed by atoms with van der Waals surface area (Å²) in [5.41, 5.74) is 4.12. The Morgan fingerprint density at radius 1 is 1.00 bits per heavy atom. The van der Waals surface area contributed by atoms with Gasteiger partial charge in [0.15, 0.2) is 0 Å². The molecule has 0 bridgehead atoms. The van der Waals surface area contributed by atoms with Crippen LogP contribution in [0.25, 0.3) is 10.1 Å². The Hall–Kier alpha value is -1.64. The first-order valence-electron chi connectivity index (χ1n) is 7.61. The molecule has 21 heavy (non-hydrogen) atoms. The summed E-state index contributed by atoms with van der Waals surface area (Å²) in [5.74, 6) is 0. The van der Waals surface area contributed by atoms with Crippen molar-refractivity contribution >= 4 is 21.4 Å². The van der Waals surface area contributed by atoms with E-state index in [0.717, 1.165) is 13.0 Å². The second-order valence-electron chi connectivity index (χ2n) is 5.27. The first-order chi connectivity index (χ1) is 10.3. The van der Waals surface area contributed by atoms with Crippen molar-refractivity contribution in [3.63, 3.8) is 0 Å². The van der Waals surface area contributed by atoms with Crippen molar-refractivity contribution in [2.75, 3.05) is 6.54 Å². The fourth-order valence-corrected chi connectivity index (χ4v) is 3.75. The van der Waals surface area contributed by atoms with Crippen LogP contribution in [0.15, 0.2) is 53.9 Å². The zero-order valence-electron chi connectivity index (χ0n) is 12.6. The highest BCUT2D eigenvalue weighted by molar-refractivity contribution is 7.17. The van der Waals surface area contributed by atoms with Crippen LogP contribution in [0.2, 0.25) is 0 Å². The first kappa shape index (κ1) is 14.3. The Bertz CT molecular complexity index is 712. The van der Waals surface area contributed by atoms with E-state index in [1.165, 1.54) is 26.8 Å². The average Bonchev–Trinajstić information content (AvgIpc) is 3.01. The number of aryl methyl sites for hydroxylation is 1. The predicted octanol–water partition coefficient (Wildman–Crippen LogP) is 5.16. The molecule has 1 N–H and O–H groups in total. The molecule has 0 spiro atoms. The molecule has 1 unspecified atom stereocenters. The molecule has 0 saturated carbocycles. The third kappa shape index (κ3) is 2.87. The van der Waals surface area contributed by atoms with E-state index in [1.54, 1.807) is 0 Å². The molecule has 0 aliphatic rings. The lowest BCUT2D eigenvalue weighted by Crippen LogP contribution is -2.22. The fourth-order valence-electron chi connectivity index (χ4n) is 2.80. The molecule has 0 amide bonds. The van der Waals surface area contributed by atoms with Crippen LogP contribution in [-0.2, 0) is 6.42 Å². The van der Waals surface area contributed by atoms with Crippen molar-refractivity contribution in [2.45, 2.75) is 26.3 Å². The number of benzene rings is 2. The number of thiophene rings is 1. The molecule has 3 aromatic rings. The lowest BCUT2D eigenvalue weighted by Gasteiger charge is -2.20. The van der Waals surface area contributed by atoms with Crippen LogP contribution in [-0.4, -0.2) is 6.54 Å². The van der Waals surface area contributed by atoms with Gasteiger partial charge in [0, 0.05) is 4.70 Å². The highest BCUT2D eigenvalue weighted by atomic mass is 32.1. The summed E-state index contributed by atoms with van der Waals surface area (Å²) in [5, 5.41) is 7.16. The van der Waals surface area contributed by atoms with Gasteiger partial charge in [-0.25, -0.2) is 0 Å². The van der Waals surface area contributed by atoms with Crippen LogP contribution in [0.1, 0.15) is 36.6 Å². The Morgan fingerprint density at radius 3 is 2.52 bits per heavy atom. The molecular formula is C19H21NS. The molecule has 1 aromatic heterocycles. The minimum Gasteiger partial charge on any atom is -0.306 e. The second-order valence-corrected chi connectivity index (χ2v) is 6.19. The molecule has 0 fully saturated rings. The number of nitrogens with one attached hydrogen (secondary N) is 1. The SMILES string of the molecule is CCNC(c1ccc(CC)cc1)c1cccc2ccsc12. The average molecular weight is 295 g/mol.